The Labute approximate surface area is 83.9 Å². The number of hydrogen-bond donors (Lipinski definition) is 1. The molecule has 2 N–H and O–H groups in total. The molecule has 0 aliphatic rings. The van der Waals surface area contributed by atoms with Gasteiger partial charge in [0.1, 0.15) is 18.5 Å². The zero-order chi connectivity index (χ0) is 10.4. The van der Waals surface area contributed by atoms with Crippen LogP contribution in [-0.4, -0.2) is 19.3 Å². The minimum atomic E-state index is -1.08. The average Bonchev–Trinajstić information content (AvgIpc) is 2.26. The molecule has 0 aromatic heterocycles. The lowest BCUT2D eigenvalue weighted by molar-refractivity contribution is 0.201. The minimum absolute atomic E-state index is 0.00741. The lowest BCUT2D eigenvalue weighted by Gasteiger charge is -2.09. The van der Waals surface area contributed by atoms with E-state index in [0.29, 0.717) is 5.75 Å². The van der Waals surface area contributed by atoms with Crippen molar-refractivity contribution < 1.29 is 9.13 Å². The first-order chi connectivity index (χ1) is 6.76. The van der Waals surface area contributed by atoms with Gasteiger partial charge in [0.05, 0.1) is 0 Å². The highest BCUT2D eigenvalue weighted by molar-refractivity contribution is 5.28. The molecule has 0 bridgehead atoms. The van der Waals surface area contributed by atoms with Gasteiger partial charge in [-0.25, -0.2) is 4.39 Å². The fourth-order valence-corrected chi connectivity index (χ4v) is 1.11. The molecule has 0 saturated heterocycles. The van der Waals surface area contributed by atoms with Crippen molar-refractivity contribution in [3.63, 3.8) is 0 Å². The van der Waals surface area contributed by atoms with E-state index in [1.165, 1.54) is 5.56 Å². The van der Waals surface area contributed by atoms with Crippen LogP contribution in [0.1, 0.15) is 12.5 Å². The van der Waals surface area contributed by atoms with Gasteiger partial charge in [-0.1, -0.05) is 19.1 Å². The van der Waals surface area contributed by atoms with Crippen molar-refractivity contribution in [3.8, 4) is 5.75 Å². The van der Waals surface area contributed by atoms with Gasteiger partial charge in [-0.2, -0.15) is 0 Å². The molecule has 0 radical (unpaired) electrons. The third-order valence-electron chi connectivity index (χ3n) is 1.99. The lowest BCUT2D eigenvalue weighted by atomic mass is 10.2. The first-order valence-electron chi connectivity index (χ1n) is 4.82. The summed E-state index contributed by atoms with van der Waals surface area (Å²) >= 11 is 0. The molecule has 2 nitrogen and oxygen atoms in total. The predicted molar refractivity (Wildman–Crippen MR) is 55.3 cm³/mol. The van der Waals surface area contributed by atoms with Crippen molar-refractivity contribution in [1.82, 2.24) is 0 Å². The van der Waals surface area contributed by atoms with Crippen molar-refractivity contribution in [3.05, 3.63) is 29.8 Å². The second-order valence-corrected chi connectivity index (χ2v) is 3.14. The van der Waals surface area contributed by atoms with Gasteiger partial charge < -0.3 is 10.5 Å². The van der Waals surface area contributed by atoms with Crippen LogP contribution in [-0.2, 0) is 6.42 Å². The van der Waals surface area contributed by atoms with Crippen molar-refractivity contribution in [2.75, 3.05) is 13.2 Å². The summed E-state index contributed by atoms with van der Waals surface area (Å²) in [6, 6.07) is 7.66. The van der Waals surface area contributed by atoms with Crippen LogP contribution in [0.5, 0.6) is 5.75 Å². The van der Waals surface area contributed by atoms with E-state index in [4.69, 9.17) is 10.5 Å². The highest BCUT2D eigenvalue weighted by Gasteiger charge is 2.04. The van der Waals surface area contributed by atoms with E-state index in [2.05, 4.69) is 6.92 Å². The van der Waals surface area contributed by atoms with E-state index >= 15 is 0 Å². The summed E-state index contributed by atoms with van der Waals surface area (Å²) in [5, 5.41) is 0. The van der Waals surface area contributed by atoms with Crippen molar-refractivity contribution >= 4 is 0 Å². The fraction of sp³-hybridized carbons (Fsp3) is 0.455. The van der Waals surface area contributed by atoms with Gasteiger partial charge in [-0.15, -0.1) is 0 Å². The van der Waals surface area contributed by atoms with Gasteiger partial charge in [-0.3, -0.25) is 0 Å². The normalized spacial score (nSPS) is 12.5. The Balaban J connectivity index is 2.50. The van der Waals surface area contributed by atoms with Crippen LogP contribution in [0.15, 0.2) is 24.3 Å². The van der Waals surface area contributed by atoms with E-state index in [0.717, 1.165) is 6.42 Å². The van der Waals surface area contributed by atoms with Crippen LogP contribution >= 0.6 is 0 Å². The smallest absolute Gasteiger partial charge is 0.146 e. The van der Waals surface area contributed by atoms with E-state index < -0.39 is 6.17 Å². The van der Waals surface area contributed by atoms with Gasteiger partial charge in [0, 0.05) is 6.54 Å². The molecule has 1 atom stereocenters. The van der Waals surface area contributed by atoms with Gasteiger partial charge in [0.2, 0.25) is 0 Å². The summed E-state index contributed by atoms with van der Waals surface area (Å²) in [7, 11) is 0. The standard InChI is InChI=1S/C11H16FNO/c1-2-9-4-3-5-11(6-9)14-8-10(12)7-13/h3-6,10H,2,7-8,13H2,1H3/t10-/m1/s1. The van der Waals surface area contributed by atoms with Gasteiger partial charge in [0.25, 0.3) is 0 Å². The van der Waals surface area contributed by atoms with E-state index in [9.17, 15) is 4.39 Å². The van der Waals surface area contributed by atoms with Crippen LogP contribution < -0.4 is 10.5 Å². The Kier molecular flexibility index (Phi) is 4.40. The van der Waals surface area contributed by atoms with Crippen LogP contribution in [0.3, 0.4) is 0 Å². The van der Waals surface area contributed by atoms with E-state index in [1.54, 1.807) is 0 Å². The minimum Gasteiger partial charge on any atom is -0.491 e. The summed E-state index contributed by atoms with van der Waals surface area (Å²) in [5.74, 6) is 0.709. The molecule has 0 amide bonds. The fourth-order valence-electron chi connectivity index (χ4n) is 1.11. The molecule has 1 aromatic carbocycles. The van der Waals surface area contributed by atoms with Gasteiger partial charge in [-0.05, 0) is 24.1 Å². The Morgan fingerprint density at radius 2 is 2.29 bits per heavy atom. The Bertz CT molecular complexity index is 278. The zero-order valence-corrected chi connectivity index (χ0v) is 8.37. The Morgan fingerprint density at radius 3 is 2.93 bits per heavy atom. The Hall–Kier alpha value is -1.09. The van der Waals surface area contributed by atoms with E-state index in [1.807, 2.05) is 24.3 Å². The maximum Gasteiger partial charge on any atom is 0.146 e. The monoisotopic (exact) mass is 197 g/mol. The lowest BCUT2D eigenvalue weighted by Crippen LogP contribution is -2.22. The predicted octanol–water partition coefficient (Wildman–Crippen LogP) is 1.92. The maximum atomic E-state index is 12.8. The number of hydrogen-bond acceptors (Lipinski definition) is 2. The van der Waals surface area contributed by atoms with Crippen LogP contribution in [0.25, 0.3) is 0 Å². The third kappa shape index (κ3) is 3.34. The highest BCUT2D eigenvalue weighted by atomic mass is 19.1. The van der Waals surface area contributed by atoms with Crippen LogP contribution in [0, 0.1) is 0 Å². The Morgan fingerprint density at radius 1 is 1.50 bits per heavy atom. The molecule has 0 heterocycles. The summed E-state index contributed by atoms with van der Waals surface area (Å²) in [6.07, 6.45) is -0.132. The summed E-state index contributed by atoms with van der Waals surface area (Å²) in [5.41, 5.74) is 6.32. The first kappa shape index (κ1) is 11.0. The summed E-state index contributed by atoms with van der Waals surface area (Å²) < 4.78 is 18.0. The largest absolute Gasteiger partial charge is 0.491 e. The number of alkyl halides is 1. The number of ether oxygens (including phenoxy) is 1. The van der Waals surface area contributed by atoms with Crippen LogP contribution in [0.4, 0.5) is 4.39 Å². The molecule has 3 heteroatoms. The number of nitrogens with two attached hydrogens (primary N) is 1. The zero-order valence-electron chi connectivity index (χ0n) is 8.37. The number of aryl methyl sites for hydroxylation is 1. The van der Waals surface area contributed by atoms with Gasteiger partial charge >= 0.3 is 0 Å². The average molecular weight is 197 g/mol. The molecule has 0 fully saturated rings. The van der Waals surface area contributed by atoms with Crippen molar-refractivity contribution in [1.29, 1.82) is 0 Å². The molecule has 1 aromatic rings. The van der Waals surface area contributed by atoms with Crippen molar-refractivity contribution in [2.45, 2.75) is 19.5 Å². The molecular formula is C11H16FNO. The van der Waals surface area contributed by atoms with E-state index in [-0.39, 0.29) is 13.2 Å². The summed E-state index contributed by atoms with van der Waals surface area (Å²) in [4.78, 5) is 0. The number of rotatable bonds is 5. The number of benzene rings is 1. The maximum absolute atomic E-state index is 12.8. The molecule has 0 spiro atoms. The second-order valence-electron chi connectivity index (χ2n) is 3.14. The molecule has 78 valence electrons. The molecule has 14 heavy (non-hydrogen) atoms. The third-order valence-corrected chi connectivity index (χ3v) is 1.99. The number of halogens is 1. The topological polar surface area (TPSA) is 35.2 Å². The second kappa shape index (κ2) is 5.60. The molecule has 0 saturated carbocycles. The molecule has 0 aliphatic carbocycles. The quantitative estimate of drug-likeness (QED) is 0.782. The van der Waals surface area contributed by atoms with Crippen LogP contribution in [0.2, 0.25) is 0 Å². The SMILES string of the molecule is CCc1cccc(OC[C@H](F)CN)c1. The van der Waals surface area contributed by atoms with Crippen molar-refractivity contribution in [2.24, 2.45) is 5.73 Å². The van der Waals surface area contributed by atoms with Gasteiger partial charge in [0.15, 0.2) is 0 Å². The molecule has 0 unspecified atom stereocenters. The molecule has 1 rings (SSSR count). The molecular weight excluding hydrogens is 181 g/mol. The first-order valence-corrected chi connectivity index (χ1v) is 4.82. The molecule has 0 aliphatic heterocycles. The highest BCUT2D eigenvalue weighted by Crippen LogP contribution is 2.13. The summed E-state index contributed by atoms with van der Waals surface area (Å²) in [6.45, 7) is 2.11.